The van der Waals surface area contributed by atoms with Crippen molar-refractivity contribution in [1.29, 1.82) is 0 Å². The number of aromatic carboxylic acids is 1. The second-order valence-electron chi connectivity index (χ2n) is 7.23. The summed E-state index contributed by atoms with van der Waals surface area (Å²) in [6, 6.07) is 22.3. The number of aromatic nitrogens is 1. The van der Waals surface area contributed by atoms with Gasteiger partial charge in [-0.1, -0.05) is 48.5 Å². The Morgan fingerprint density at radius 2 is 1.70 bits per heavy atom. The lowest BCUT2D eigenvalue weighted by atomic mass is 10.0. The summed E-state index contributed by atoms with van der Waals surface area (Å²) in [6.45, 7) is 2.47. The van der Waals surface area contributed by atoms with Crippen molar-refractivity contribution < 1.29 is 23.4 Å². The number of phenols is 1. The Balaban J connectivity index is 1.87. The maximum Gasteiger partial charge on any atom is 0.339 e. The molecule has 0 atom stereocenters. The number of sulfonamides is 1. The smallest absolute Gasteiger partial charge is 0.339 e. The number of aromatic hydroxyl groups is 1. The molecule has 0 amide bonds. The van der Waals surface area contributed by atoms with Crippen LogP contribution in [0.3, 0.4) is 0 Å². The fourth-order valence-electron chi connectivity index (χ4n) is 3.64. The molecule has 168 valence electrons. The lowest BCUT2D eigenvalue weighted by molar-refractivity contribution is 0.0693. The summed E-state index contributed by atoms with van der Waals surface area (Å²) in [5, 5.41) is 24.0. The van der Waals surface area contributed by atoms with Crippen LogP contribution in [-0.2, 0) is 16.6 Å². The molecule has 0 saturated heterocycles. The minimum Gasteiger partial charge on any atom is -0.507 e. The number of carboxylic acid groups (broad SMARTS) is 1. The molecular formula is C24H21N3O5S. The van der Waals surface area contributed by atoms with Crippen molar-refractivity contribution in [1.82, 2.24) is 9.40 Å². The minimum atomic E-state index is -4.19. The predicted octanol–water partition coefficient (Wildman–Crippen LogP) is 3.53. The number of fused-ring (bicyclic) bond motifs is 1. The van der Waals surface area contributed by atoms with E-state index in [0.29, 0.717) is 12.0 Å². The van der Waals surface area contributed by atoms with E-state index in [0.717, 1.165) is 40.2 Å². The quantitative estimate of drug-likeness (QED) is 0.378. The molecule has 0 aliphatic rings. The monoisotopic (exact) mass is 463 g/mol. The molecule has 0 fully saturated rings. The van der Waals surface area contributed by atoms with E-state index in [1.54, 1.807) is 0 Å². The molecule has 0 radical (unpaired) electrons. The van der Waals surface area contributed by atoms with Crippen LogP contribution >= 0.6 is 0 Å². The summed E-state index contributed by atoms with van der Waals surface area (Å²) < 4.78 is 27.5. The van der Waals surface area contributed by atoms with E-state index in [1.165, 1.54) is 0 Å². The third-order valence-corrected chi connectivity index (χ3v) is 6.43. The first-order chi connectivity index (χ1) is 15.8. The summed E-state index contributed by atoms with van der Waals surface area (Å²) in [5.74, 6) is -1.96. The molecule has 0 aliphatic carbocycles. The molecule has 4 aromatic rings. The van der Waals surface area contributed by atoms with Crippen LogP contribution in [-0.4, -0.2) is 29.2 Å². The number of benzene rings is 3. The molecule has 0 bridgehead atoms. The average Bonchev–Trinajstić information content (AvgIpc) is 2.82. The van der Waals surface area contributed by atoms with E-state index in [9.17, 15) is 18.3 Å². The first-order valence-electron chi connectivity index (χ1n) is 10.1. The van der Waals surface area contributed by atoms with Gasteiger partial charge >= 0.3 is 5.97 Å². The Morgan fingerprint density at radius 1 is 1.00 bits per heavy atom. The number of hydrogen-bond acceptors (Lipinski definition) is 5. The molecule has 4 rings (SSSR count). The summed E-state index contributed by atoms with van der Waals surface area (Å²) in [5.41, 5.74) is 2.61. The van der Waals surface area contributed by atoms with Gasteiger partial charge in [0.05, 0.1) is 10.4 Å². The lowest BCUT2D eigenvalue weighted by Gasteiger charge is -2.14. The number of para-hydroxylation sites is 1. The third-order valence-electron chi connectivity index (χ3n) is 5.23. The fraction of sp³-hybridized carbons (Fsp3) is 0.0833. The topological polar surface area (TPSA) is 121 Å². The van der Waals surface area contributed by atoms with Gasteiger partial charge in [0.1, 0.15) is 11.3 Å². The van der Waals surface area contributed by atoms with Crippen LogP contribution in [0.25, 0.3) is 22.0 Å². The van der Waals surface area contributed by atoms with Crippen molar-refractivity contribution in [2.75, 3.05) is 0 Å². The molecule has 0 spiro atoms. The van der Waals surface area contributed by atoms with E-state index in [4.69, 9.17) is 5.11 Å². The van der Waals surface area contributed by atoms with Crippen molar-refractivity contribution in [3.05, 3.63) is 89.9 Å². The highest BCUT2D eigenvalue weighted by atomic mass is 32.2. The van der Waals surface area contributed by atoms with Gasteiger partial charge in [-0.25, -0.2) is 4.79 Å². The molecule has 0 unspecified atom stereocenters. The van der Waals surface area contributed by atoms with Gasteiger partial charge < -0.3 is 14.8 Å². The van der Waals surface area contributed by atoms with Gasteiger partial charge in [0.25, 0.3) is 10.0 Å². The second kappa shape index (κ2) is 8.79. The maximum absolute atomic E-state index is 12.8. The van der Waals surface area contributed by atoms with Crippen LogP contribution in [0.2, 0.25) is 0 Å². The molecule has 3 N–H and O–H groups in total. The zero-order chi connectivity index (χ0) is 23.6. The van der Waals surface area contributed by atoms with Gasteiger partial charge in [-0.3, -0.25) is 0 Å². The van der Waals surface area contributed by atoms with Crippen molar-refractivity contribution in [3.8, 4) is 16.9 Å². The second-order valence-corrected chi connectivity index (χ2v) is 8.90. The maximum atomic E-state index is 12.8. The highest BCUT2D eigenvalue weighted by Crippen LogP contribution is 2.27. The van der Waals surface area contributed by atoms with Crippen molar-refractivity contribution in [2.45, 2.75) is 18.4 Å². The summed E-state index contributed by atoms with van der Waals surface area (Å²) >= 11 is 0. The molecule has 8 nitrogen and oxygen atoms in total. The molecule has 0 aliphatic heterocycles. The highest BCUT2D eigenvalue weighted by Gasteiger charge is 2.19. The first kappa shape index (κ1) is 22.1. The van der Waals surface area contributed by atoms with Gasteiger partial charge in [-0.2, -0.15) is 13.2 Å². The van der Waals surface area contributed by atoms with Crippen LogP contribution in [0.4, 0.5) is 0 Å². The van der Waals surface area contributed by atoms with Gasteiger partial charge in [0.2, 0.25) is 0 Å². The molecule has 1 heterocycles. The van der Waals surface area contributed by atoms with Crippen LogP contribution in [0.1, 0.15) is 17.3 Å². The number of carbonyl (C=O) groups is 1. The number of pyridine rings is 1. The van der Waals surface area contributed by atoms with E-state index < -0.39 is 27.3 Å². The van der Waals surface area contributed by atoms with E-state index in [2.05, 4.69) is 9.93 Å². The number of nitrogens with zero attached hydrogens (tertiary/aromatic N) is 2. The van der Waals surface area contributed by atoms with E-state index >= 15 is 0 Å². The van der Waals surface area contributed by atoms with Gasteiger partial charge in [0, 0.05) is 11.9 Å². The predicted molar refractivity (Wildman–Crippen MR) is 124 cm³/mol. The van der Waals surface area contributed by atoms with Gasteiger partial charge in [-0.15, -0.1) is 5.10 Å². The normalized spacial score (nSPS) is 12.1. The summed E-state index contributed by atoms with van der Waals surface area (Å²) in [7, 11) is -4.19. The van der Waals surface area contributed by atoms with Crippen LogP contribution in [0.5, 0.6) is 5.75 Å². The zero-order valence-corrected chi connectivity index (χ0v) is 18.5. The molecule has 33 heavy (non-hydrogen) atoms. The molecule has 1 aromatic heterocycles. The fourth-order valence-corrected chi connectivity index (χ4v) is 4.48. The molecular weight excluding hydrogens is 442 g/mol. The van der Waals surface area contributed by atoms with Gasteiger partial charge in [0.15, 0.2) is 5.49 Å². The Bertz CT molecular complexity index is 1530. The van der Waals surface area contributed by atoms with Crippen molar-refractivity contribution in [3.63, 3.8) is 0 Å². The first-order valence-corrected chi connectivity index (χ1v) is 11.6. The molecule has 3 aromatic carbocycles. The van der Waals surface area contributed by atoms with Crippen molar-refractivity contribution in [2.24, 2.45) is 5.10 Å². The lowest BCUT2D eigenvalue weighted by Crippen LogP contribution is -2.28. The Morgan fingerprint density at radius 3 is 2.39 bits per heavy atom. The van der Waals surface area contributed by atoms with Gasteiger partial charge in [-0.05, 0) is 48.4 Å². The van der Waals surface area contributed by atoms with E-state index in [1.807, 2.05) is 72.2 Å². The average molecular weight is 464 g/mol. The zero-order valence-electron chi connectivity index (χ0n) is 17.6. The summed E-state index contributed by atoms with van der Waals surface area (Å²) in [6.07, 6.45) is 0. The largest absolute Gasteiger partial charge is 0.507 e. The Hall–Kier alpha value is -4.11. The molecule has 0 saturated carbocycles. The van der Waals surface area contributed by atoms with E-state index in [-0.39, 0.29) is 4.90 Å². The SMILES string of the molecule is CCn1/c(=N\NS(=O)(=O)c2ccc(O)c(C(=O)O)c2)cc(-c2ccccc2)c2ccccc21. The standard InChI is InChI=1S/C24H21N3O5S/c1-2-27-21-11-7-6-10-18(21)19(16-8-4-3-5-9-16)15-23(27)25-26-33(31,32)17-12-13-22(28)20(14-17)24(29)30/h3-15,26,28H,2H2,1H3,(H,29,30)/b25-23-. The summed E-state index contributed by atoms with van der Waals surface area (Å²) in [4.78, 5) is 13.1. The molecule has 9 heteroatoms. The third kappa shape index (κ3) is 4.31. The number of hydrogen-bond donors (Lipinski definition) is 3. The van der Waals surface area contributed by atoms with Crippen LogP contribution < -0.4 is 10.3 Å². The Labute approximate surface area is 190 Å². The highest BCUT2D eigenvalue weighted by molar-refractivity contribution is 7.89. The number of aryl methyl sites for hydroxylation is 1. The number of rotatable bonds is 6. The number of nitrogens with one attached hydrogen (secondary N) is 1. The minimum absolute atomic E-state index is 0.325. The van der Waals surface area contributed by atoms with Crippen LogP contribution in [0, 0.1) is 0 Å². The van der Waals surface area contributed by atoms with Crippen molar-refractivity contribution >= 4 is 26.9 Å². The number of carboxylic acids is 1. The Kier molecular flexibility index (Phi) is 5.89. The van der Waals surface area contributed by atoms with Crippen LogP contribution in [0.15, 0.2) is 88.9 Å².